The average molecular weight is 366 g/mol. The highest BCUT2D eigenvalue weighted by Crippen LogP contribution is 2.30. The summed E-state index contributed by atoms with van der Waals surface area (Å²) < 4.78 is 37.3. The van der Waals surface area contributed by atoms with Gasteiger partial charge in [-0.25, -0.2) is 4.98 Å². The topological polar surface area (TPSA) is 68.0 Å². The zero-order valence-electron chi connectivity index (χ0n) is 12.1. The number of benzene rings is 1. The molecule has 4 nitrogen and oxygen atoms in total. The van der Waals surface area contributed by atoms with Crippen LogP contribution in [0.15, 0.2) is 35.7 Å². The number of aromatic nitrogens is 1. The van der Waals surface area contributed by atoms with E-state index in [1.54, 1.807) is 37.3 Å². The van der Waals surface area contributed by atoms with Crippen molar-refractivity contribution in [3.63, 3.8) is 0 Å². The van der Waals surface area contributed by atoms with Crippen molar-refractivity contribution < 1.29 is 18.0 Å². The van der Waals surface area contributed by atoms with Crippen molar-refractivity contribution in [2.24, 2.45) is 5.73 Å². The Labute approximate surface area is 141 Å². The molecule has 9 heteroatoms. The van der Waals surface area contributed by atoms with E-state index in [4.69, 9.17) is 5.73 Å². The summed E-state index contributed by atoms with van der Waals surface area (Å²) in [5.74, 6) is -0.484. The molecule has 3 N–H and O–H groups in total. The largest absolute Gasteiger partial charge is 0.434 e. The first-order chi connectivity index (χ1) is 10.2. The zero-order chi connectivity index (χ0) is 16.4. The van der Waals surface area contributed by atoms with Crippen LogP contribution in [0.2, 0.25) is 0 Å². The fraction of sp³-hybridized carbons (Fsp3) is 0.286. The Kier molecular flexibility index (Phi) is 6.15. The minimum Gasteiger partial charge on any atom is -0.348 e. The number of rotatable bonds is 4. The minimum absolute atomic E-state index is 0. The molecule has 1 atom stereocenters. The Morgan fingerprint density at radius 1 is 1.30 bits per heavy atom. The molecule has 126 valence electrons. The van der Waals surface area contributed by atoms with Gasteiger partial charge in [0.2, 0.25) is 5.91 Å². The molecule has 0 bridgehead atoms. The third-order valence-electron chi connectivity index (χ3n) is 3.09. The summed E-state index contributed by atoms with van der Waals surface area (Å²) >= 11 is 0.838. The van der Waals surface area contributed by atoms with E-state index in [0.29, 0.717) is 5.56 Å². The standard InChI is InChI=1S/C14H14F3N3OS.ClH/c1-13(18,9-5-3-2-4-6-9)12(21)19-7-11-20-10(8-22-11)14(15,16)17;/h2-6,8H,7,18H2,1H3,(H,19,21);1H. The molecule has 1 aromatic carbocycles. The summed E-state index contributed by atoms with van der Waals surface area (Å²) in [6.45, 7) is 1.44. The highest BCUT2D eigenvalue weighted by molar-refractivity contribution is 7.09. The Bertz CT molecular complexity index is 659. The average Bonchev–Trinajstić information content (AvgIpc) is 2.94. The van der Waals surface area contributed by atoms with Crippen LogP contribution < -0.4 is 11.1 Å². The van der Waals surface area contributed by atoms with E-state index in [1.165, 1.54) is 0 Å². The molecule has 0 saturated carbocycles. The molecule has 2 aromatic rings. The summed E-state index contributed by atoms with van der Waals surface area (Å²) in [6, 6.07) is 8.73. The van der Waals surface area contributed by atoms with E-state index in [0.717, 1.165) is 16.7 Å². The first kappa shape index (κ1) is 19.4. The van der Waals surface area contributed by atoms with E-state index in [1.807, 2.05) is 0 Å². The number of carbonyl (C=O) groups is 1. The highest BCUT2D eigenvalue weighted by atomic mass is 35.5. The lowest BCUT2D eigenvalue weighted by atomic mass is 9.92. The summed E-state index contributed by atoms with van der Waals surface area (Å²) in [7, 11) is 0. The molecule has 0 aliphatic heterocycles. The molecule has 0 saturated heterocycles. The van der Waals surface area contributed by atoms with Gasteiger partial charge < -0.3 is 11.1 Å². The van der Waals surface area contributed by atoms with E-state index < -0.39 is 23.3 Å². The zero-order valence-corrected chi connectivity index (χ0v) is 13.7. The van der Waals surface area contributed by atoms with Gasteiger partial charge in [0.15, 0.2) is 5.69 Å². The van der Waals surface area contributed by atoms with Gasteiger partial charge in [-0.1, -0.05) is 30.3 Å². The summed E-state index contributed by atoms with van der Waals surface area (Å²) in [4.78, 5) is 15.6. The number of thiazole rings is 1. The van der Waals surface area contributed by atoms with Crippen molar-refractivity contribution in [1.82, 2.24) is 10.3 Å². The molecule has 0 fully saturated rings. The Hall–Kier alpha value is -1.64. The normalized spacial score (nSPS) is 13.8. The summed E-state index contributed by atoms with van der Waals surface area (Å²) in [6.07, 6.45) is -4.48. The number of nitrogens with one attached hydrogen (secondary N) is 1. The molecule has 0 aliphatic carbocycles. The molecular formula is C14H15ClF3N3OS. The number of hydrogen-bond donors (Lipinski definition) is 2. The monoisotopic (exact) mass is 365 g/mol. The SMILES string of the molecule is CC(N)(C(=O)NCc1nc(C(F)(F)F)cs1)c1ccccc1.Cl. The number of carbonyl (C=O) groups excluding carboxylic acids is 1. The Morgan fingerprint density at radius 3 is 2.43 bits per heavy atom. The van der Waals surface area contributed by atoms with Gasteiger partial charge in [0.05, 0.1) is 6.54 Å². The fourth-order valence-electron chi connectivity index (χ4n) is 1.78. The molecule has 1 amide bonds. The molecule has 0 spiro atoms. The van der Waals surface area contributed by atoms with Gasteiger partial charge in [0.25, 0.3) is 0 Å². The predicted octanol–water partition coefficient (Wildman–Crippen LogP) is 3.07. The van der Waals surface area contributed by atoms with E-state index in [-0.39, 0.29) is 24.0 Å². The number of nitrogens with zero attached hydrogens (tertiary/aromatic N) is 1. The molecule has 1 unspecified atom stereocenters. The number of halogens is 4. The van der Waals surface area contributed by atoms with Crippen molar-refractivity contribution in [3.05, 3.63) is 52.0 Å². The third kappa shape index (κ3) is 4.66. The minimum atomic E-state index is -4.48. The van der Waals surface area contributed by atoms with Crippen LogP contribution in [-0.2, 0) is 23.1 Å². The van der Waals surface area contributed by atoms with E-state index in [2.05, 4.69) is 10.3 Å². The first-order valence-corrected chi connectivity index (χ1v) is 7.23. The maximum atomic E-state index is 12.4. The van der Waals surface area contributed by atoms with Crippen LogP contribution in [-0.4, -0.2) is 10.9 Å². The molecule has 1 heterocycles. The maximum absolute atomic E-state index is 12.4. The van der Waals surface area contributed by atoms with E-state index >= 15 is 0 Å². The lowest BCUT2D eigenvalue weighted by Gasteiger charge is -2.23. The van der Waals surface area contributed by atoms with Crippen molar-refractivity contribution in [3.8, 4) is 0 Å². The van der Waals surface area contributed by atoms with Gasteiger partial charge in [0.1, 0.15) is 10.5 Å². The molecular weight excluding hydrogens is 351 g/mol. The lowest BCUT2D eigenvalue weighted by molar-refractivity contribution is -0.140. The molecule has 0 radical (unpaired) electrons. The molecule has 2 rings (SSSR count). The van der Waals surface area contributed by atoms with Gasteiger partial charge in [-0.3, -0.25) is 4.79 Å². The van der Waals surface area contributed by atoms with Crippen LogP contribution in [0.25, 0.3) is 0 Å². The molecule has 23 heavy (non-hydrogen) atoms. The number of amides is 1. The van der Waals surface area contributed by atoms with Gasteiger partial charge in [-0.15, -0.1) is 23.7 Å². The quantitative estimate of drug-likeness (QED) is 0.875. The Balaban J connectivity index is 0.00000264. The number of alkyl halides is 3. The highest BCUT2D eigenvalue weighted by Gasteiger charge is 2.34. The fourth-order valence-corrected chi connectivity index (χ4v) is 2.52. The Morgan fingerprint density at radius 2 is 1.91 bits per heavy atom. The van der Waals surface area contributed by atoms with E-state index in [9.17, 15) is 18.0 Å². The second kappa shape index (κ2) is 7.29. The van der Waals surface area contributed by atoms with Crippen LogP contribution >= 0.6 is 23.7 Å². The molecule has 0 aliphatic rings. The first-order valence-electron chi connectivity index (χ1n) is 6.35. The van der Waals surface area contributed by atoms with Crippen molar-refractivity contribution in [2.45, 2.75) is 25.2 Å². The second-order valence-corrected chi connectivity index (χ2v) is 5.82. The van der Waals surface area contributed by atoms with Crippen LogP contribution in [0.4, 0.5) is 13.2 Å². The van der Waals surface area contributed by atoms with Crippen molar-refractivity contribution in [2.75, 3.05) is 0 Å². The lowest BCUT2D eigenvalue weighted by Crippen LogP contribution is -2.48. The summed E-state index contributed by atoms with van der Waals surface area (Å²) in [5, 5.41) is 3.61. The smallest absolute Gasteiger partial charge is 0.348 e. The second-order valence-electron chi connectivity index (χ2n) is 4.88. The van der Waals surface area contributed by atoms with Crippen molar-refractivity contribution >= 4 is 29.7 Å². The third-order valence-corrected chi connectivity index (χ3v) is 3.94. The number of nitrogens with two attached hydrogens (primary N) is 1. The van der Waals surface area contributed by atoms with Gasteiger partial charge in [-0.2, -0.15) is 13.2 Å². The molecule has 1 aromatic heterocycles. The predicted molar refractivity (Wildman–Crippen MR) is 84.2 cm³/mol. The van der Waals surface area contributed by atoms with Gasteiger partial charge >= 0.3 is 6.18 Å². The van der Waals surface area contributed by atoms with Crippen molar-refractivity contribution in [1.29, 1.82) is 0 Å². The van der Waals surface area contributed by atoms with Crippen LogP contribution in [0.3, 0.4) is 0 Å². The maximum Gasteiger partial charge on any atom is 0.434 e. The van der Waals surface area contributed by atoms with Crippen LogP contribution in [0, 0.1) is 0 Å². The van der Waals surface area contributed by atoms with Gasteiger partial charge in [0, 0.05) is 5.38 Å². The van der Waals surface area contributed by atoms with Crippen LogP contribution in [0.1, 0.15) is 23.2 Å². The van der Waals surface area contributed by atoms with Gasteiger partial charge in [-0.05, 0) is 12.5 Å². The van der Waals surface area contributed by atoms with Crippen LogP contribution in [0.5, 0.6) is 0 Å². The summed E-state index contributed by atoms with van der Waals surface area (Å²) in [5.41, 5.74) is 4.39. The number of hydrogen-bond acceptors (Lipinski definition) is 4.